The minimum atomic E-state index is -0.151. The lowest BCUT2D eigenvalue weighted by Crippen LogP contribution is -2.31. The van der Waals surface area contributed by atoms with Crippen molar-refractivity contribution in [3.63, 3.8) is 0 Å². The molecule has 0 spiro atoms. The molecule has 0 fully saturated rings. The second-order valence-corrected chi connectivity index (χ2v) is 4.94. The molecule has 0 aromatic heterocycles. The van der Waals surface area contributed by atoms with Gasteiger partial charge in [-0.15, -0.1) is 0 Å². The van der Waals surface area contributed by atoms with Crippen LogP contribution in [0.2, 0.25) is 0 Å². The standard InChI is InChI=1S/C16H25N3O2/c1-4-9-18-14-7-6-12(3)11-13(14)16(21)19-10-8-15(20)17-5-2/h6-7,11,18H,4-5,8-10H2,1-3H3,(H,17,20)(H,19,21). The number of carbonyl (C=O) groups excluding carboxylic acids is 2. The van der Waals surface area contributed by atoms with Crippen LogP contribution < -0.4 is 16.0 Å². The van der Waals surface area contributed by atoms with Gasteiger partial charge in [0.1, 0.15) is 0 Å². The lowest BCUT2D eigenvalue weighted by molar-refractivity contribution is -0.120. The monoisotopic (exact) mass is 291 g/mol. The van der Waals surface area contributed by atoms with Crippen molar-refractivity contribution in [3.8, 4) is 0 Å². The highest BCUT2D eigenvalue weighted by Gasteiger charge is 2.11. The first-order valence-corrected chi connectivity index (χ1v) is 7.47. The Bertz CT molecular complexity index is 486. The van der Waals surface area contributed by atoms with Gasteiger partial charge in [-0.05, 0) is 32.4 Å². The van der Waals surface area contributed by atoms with Gasteiger partial charge in [0.05, 0.1) is 5.56 Å². The van der Waals surface area contributed by atoms with Crippen molar-refractivity contribution in [2.24, 2.45) is 0 Å². The van der Waals surface area contributed by atoms with E-state index >= 15 is 0 Å². The number of aryl methyl sites for hydroxylation is 1. The topological polar surface area (TPSA) is 70.2 Å². The van der Waals surface area contributed by atoms with Gasteiger partial charge >= 0.3 is 0 Å². The molecular formula is C16H25N3O2. The van der Waals surface area contributed by atoms with E-state index in [1.165, 1.54) is 0 Å². The van der Waals surface area contributed by atoms with Crippen molar-refractivity contribution in [1.29, 1.82) is 0 Å². The van der Waals surface area contributed by atoms with Crippen LogP contribution in [-0.2, 0) is 4.79 Å². The summed E-state index contributed by atoms with van der Waals surface area (Å²) in [4.78, 5) is 23.6. The third-order valence-corrected chi connectivity index (χ3v) is 3.00. The average Bonchev–Trinajstić information content (AvgIpc) is 2.46. The van der Waals surface area contributed by atoms with Crippen molar-refractivity contribution >= 4 is 17.5 Å². The van der Waals surface area contributed by atoms with Crippen LogP contribution >= 0.6 is 0 Å². The van der Waals surface area contributed by atoms with Crippen LogP contribution in [0.15, 0.2) is 18.2 Å². The zero-order valence-electron chi connectivity index (χ0n) is 13.1. The van der Waals surface area contributed by atoms with Crippen molar-refractivity contribution in [1.82, 2.24) is 10.6 Å². The number of amides is 2. The maximum atomic E-state index is 12.2. The summed E-state index contributed by atoms with van der Waals surface area (Å²) in [5.41, 5.74) is 2.49. The molecule has 1 aromatic carbocycles. The number of nitrogens with one attached hydrogen (secondary N) is 3. The molecule has 0 saturated heterocycles. The van der Waals surface area contributed by atoms with Gasteiger partial charge in [-0.1, -0.05) is 18.6 Å². The third kappa shape index (κ3) is 5.85. The van der Waals surface area contributed by atoms with Crippen LogP contribution in [0.4, 0.5) is 5.69 Å². The van der Waals surface area contributed by atoms with Crippen molar-refractivity contribution in [2.45, 2.75) is 33.6 Å². The van der Waals surface area contributed by atoms with E-state index in [9.17, 15) is 9.59 Å². The summed E-state index contributed by atoms with van der Waals surface area (Å²) in [6.45, 7) is 7.67. The molecule has 1 rings (SSSR count). The quantitative estimate of drug-likeness (QED) is 0.687. The summed E-state index contributed by atoms with van der Waals surface area (Å²) in [5, 5.41) is 8.75. The minimum absolute atomic E-state index is 0.0497. The lowest BCUT2D eigenvalue weighted by atomic mass is 10.1. The zero-order chi connectivity index (χ0) is 15.7. The van der Waals surface area contributed by atoms with E-state index in [0.29, 0.717) is 25.1 Å². The van der Waals surface area contributed by atoms with Crippen LogP contribution in [0.3, 0.4) is 0 Å². The first-order chi connectivity index (χ1) is 10.1. The second-order valence-electron chi connectivity index (χ2n) is 4.94. The fourth-order valence-corrected chi connectivity index (χ4v) is 1.93. The summed E-state index contributed by atoms with van der Waals surface area (Å²) >= 11 is 0. The molecule has 0 aliphatic heterocycles. The van der Waals surface area contributed by atoms with Crippen LogP contribution in [-0.4, -0.2) is 31.4 Å². The number of carbonyl (C=O) groups is 2. The van der Waals surface area contributed by atoms with Gasteiger partial charge < -0.3 is 16.0 Å². The fraction of sp³-hybridized carbons (Fsp3) is 0.500. The minimum Gasteiger partial charge on any atom is -0.384 e. The summed E-state index contributed by atoms with van der Waals surface area (Å²) in [7, 11) is 0. The maximum Gasteiger partial charge on any atom is 0.253 e. The Labute approximate surface area is 126 Å². The van der Waals surface area contributed by atoms with Crippen LogP contribution in [0, 0.1) is 6.92 Å². The molecule has 5 nitrogen and oxygen atoms in total. The average molecular weight is 291 g/mol. The maximum absolute atomic E-state index is 12.2. The predicted molar refractivity (Wildman–Crippen MR) is 85.6 cm³/mol. The van der Waals surface area contributed by atoms with Crippen molar-refractivity contribution < 1.29 is 9.59 Å². The molecule has 0 aliphatic rings. The number of hydrogen-bond donors (Lipinski definition) is 3. The van der Waals surface area contributed by atoms with Crippen LogP contribution in [0.1, 0.15) is 42.6 Å². The fourth-order valence-electron chi connectivity index (χ4n) is 1.93. The number of benzene rings is 1. The van der Waals surface area contributed by atoms with E-state index in [1.54, 1.807) is 0 Å². The number of anilines is 1. The summed E-state index contributed by atoms with van der Waals surface area (Å²) in [6.07, 6.45) is 1.29. The van der Waals surface area contributed by atoms with E-state index in [-0.39, 0.29) is 11.8 Å². The Kier molecular flexibility index (Phi) is 7.29. The lowest BCUT2D eigenvalue weighted by Gasteiger charge is -2.12. The molecule has 0 saturated carbocycles. The van der Waals surface area contributed by atoms with Gasteiger partial charge in [-0.2, -0.15) is 0 Å². The summed E-state index contributed by atoms with van der Waals surface area (Å²) < 4.78 is 0. The Morgan fingerprint density at radius 1 is 1.10 bits per heavy atom. The van der Waals surface area contributed by atoms with E-state index in [4.69, 9.17) is 0 Å². The largest absolute Gasteiger partial charge is 0.384 e. The third-order valence-electron chi connectivity index (χ3n) is 3.00. The van der Waals surface area contributed by atoms with Gasteiger partial charge in [0.25, 0.3) is 5.91 Å². The molecule has 0 radical (unpaired) electrons. The van der Waals surface area contributed by atoms with E-state index in [2.05, 4.69) is 22.9 Å². The molecule has 21 heavy (non-hydrogen) atoms. The normalized spacial score (nSPS) is 10.0. The van der Waals surface area contributed by atoms with Gasteiger partial charge in [0.15, 0.2) is 0 Å². The van der Waals surface area contributed by atoms with Gasteiger partial charge in [0.2, 0.25) is 5.91 Å². The first-order valence-electron chi connectivity index (χ1n) is 7.47. The first kappa shape index (κ1) is 17.0. The summed E-state index contributed by atoms with van der Waals surface area (Å²) in [6, 6.07) is 5.76. The Morgan fingerprint density at radius 2 is 1.86 bits per heavy atom. The Hall–Kier alpha value is -2.04. The SMILES string of the molecule is CCCNc1ccc(C)cc1C(=O)NCCC(=O)NCC. The number of rotatable bonds is 8. The Morgan fingerprint density at radius 3 is 2.52 bits per heavy atom. The highest BCUT2D eigenvalue weighted by Crippen LogP contribution is 2.17. The number of hydrogen-bond acceptors (Lipinski definition) is 3. The molecule has 0 aliphatic carbocycles. The molecule has 0 heterocycles. The van der Waals surface area contributed by atoms with Gasteiger partial charge in [0, 0.05) is 31.7 Å². The van der Waals surface area contributed by atoms with Crippen LogP contribution in [0.5, 0.6) is 0 Å². The van der Waals surface area contributed by atoms with Crippen LogP contribution in [0.25, 0.3) is 0 Å². The molecule has 3 N–H and O–H groups in total. The van der Waals surface area contributed by atoms with Crippen molar-refractivity contribution in [3.05, 3.63) is 29.3 Å². The van der Waals surface area contributed by atoms with Crippen molar-refractivity contribution in [2.75, 3.05) is 25.0 Å². The van der Waals surface area contributed by atoms with Gasteiger partial charge in [-0.3, -0.25) is 9.59 Å². The highest BCUT2D eigenvalue weighted by molar-refractivity contribution is 6.00. The molecule has 116 valence electrons. The zero-order valence-corrected chi connectivity index (χ0v) is 13.1. The molecule has 5 heteroatoms. The second kappa shape index (κ2) is 9.00. The van der Waals surface area contributed by atoms with E-state index in [0.717, 1.165) is 24.2 Å². The smallest absolute Gasteiger partial charge is 0.253 e. The highest BCUT2D eigenvalue weighted by atomic mass is 16.2. The molecule has 0 unspecified atom stereocenters. The van der Waals surface area contributed by atoms with Gasteiger partial charge in [-0.25, -0.2) is 0 Å². The molecule has 1 aromatic rings. The molecule has 2 amide bonds. The molecule has 0 bridgehead atoms. The van der Waals surface area contributed by atoms with E-state index in [1.807, 2.05) is 32.0 Å². The molecular weight excluding hydrogens is 266 g/mol. The van der Waals surface area contributed by atoms with E-state index < -0.39 is 0 Å². The predicted octanol–water partition coefficient (Wildman–Crippen LogP) is 2.07. The summed E-state index contributed by atoms with van der Waals surface area (Å²) in [5.74, 6) is -0.201. The Balaban J connectivity index is 2.63. The molecule has 0 atom stereocenters.